The van der Waals surface area contributed by atoms with Crippen molar-refractivity contribution in [3.05, 3.63) is 37.1 Å². The Hall–Kier alpha value is -1.64. The lowest BCUT2D eigenvalue weighted by atomic mass is 10.2. The van der Waals surface area contributed by atoms with Crippen LogP contribution in [0.5, 0.6) is 0 Å². The number of pyridine rings is 1. The summed E-state index contributed by atoms with van der Waals surface area (Å²) in [4.78, 5) is 8.45. The molecule has 0 aliphatic carbocycles. The summed E-state index contributed by atoms with van der Waals surface area (Å²) in [5.74, 6) is 0. The Morgan fingerprint density at radius 2 is 2.25 bits per heavy atom. The molecule has 3 heteroatoms. The molecule has 0 unspecified atom stereocenters. The second kappa shape index (κ2) is 6.05. The molecule has 0 aliphatic rings. The van der Waals surface area contributed by atoms with Gasteiger partial charge in [-0.1, -0.05) is 20.8 Å². The van der Waals surface area contributed by atoms with E-state index in [0.717, 1.165) is 17.8 Å². The molecule has 2 heterocycles. The largest absolute Gasteiger partial charge is 0.337 e. The van der Waals surface area contributed by atoms with Gasteiger partial charge in [0.15, 0.2) is 0 Å². The van der Waals surface area contributed by atoms with Crippen LogP contribution in [0.25, 0.3) is 11.3 Å². The highest BCUT2D eigenvalue weighted by molar-refractivity contribution is 5.56. The maximum absolute atomic E-state index is 4.36. The molecule has 0 atom stereocenters. The minimum Gasteiger partial charge on any atom is -0.337 e. The van der Waals surface area contributed by atoms with Gasteiger partial charge in [0, 0.05) is 30.7 Å². The summed E-state index contributed by atoms with van der Waals surface area (Å²) in [6.07, 6.45) is 9.98. The van der Waals surface area contributed by atoms with Gasteiger partial charge in [-0.2, -0.15) is 0 Å². The first kappa shape index (κ1) is 12.4. The van der Waals surface area contributed by atoms with E-state index in [1.807, 2.05) is 24.7 Å². The molecule has 0 fully saturated rings. The van der Waals surface area contributed by atoms with Gasteiger partial charge in [-0.05, 0) is 18.6 Å². The van der Waals surface area contributed by atoms with E-state index in [1.165, 1.54) is 12.8 Å². The van der Waals surface area contributed by atoms with Crippen molar-refractivity contribution in [2.75, 3.05) is 0 Å². The Kier molecular flexibility index (Phi) is 4.70. The predicted octanol–water partition coefficient (Wildman–Crippen LogP) is 3.38. The minimum absolute atomic E-state index is 0. The Morgan fingerprint density at radius 1 is 1.38 bits per heavy atom. The van der Waals surface area contributed by atoms with Gasteiger partial charge in [-0.25, -0.2) is 4.98 Å². The second-order valence-corrected chi connectivity index (χ2v) is 3.59. The van der Waals surface area contributed by atoms with E-state index in [2.05, 4.69) is 27.7 Å². The topological polar surface area (TPSA) is 30.7 Å². The molecule has 0 bridgehead atoms. The van der Waals surface area contributed by atoms with Gasteiger partial charge in [0.2, 0.25) is 0 Å². The van der Waals surface area contributed by atoms with Crippen LogP contribution in [0.1, 0.15) is 27.2 Å². The zero-order valence-corrected chi connectivity index (χ0v) is 8.93. The van der Waals surface area contributed by atoms with Crippen LogP contribution in [0.2, 0.25) is 0 Å². The summed E-state index contributed by atoms with van der Waals surface area (Å²) in [6, 6.07) is 3.96. The van der Waals surface area contributed by atoms with Crippen molar-refractivity contribution in [2.24, 2.45) is 0 Å². The lowest BCUT2D eigenvalue weighted by molar-refractivity contribution is 0.631. The van der Waals surface area contributed by atoms with Crippen LogP contribution in [0, 0.1) is 0 Å². The Balaban J connectivity index is 0.00000128. The van der Waals surface area contributed by atoms with Crippen molar-refractivity contribution < 1.29 is 0 Å². The highest BCUT2D eigenvalue weighted by Gasteiger charge is 2.00. The Labute approximate surface area is 97.2 Å². The molecule has 2 rings (SSSR count). The fourth-order valence-corrected chi connectivity index (χ4v) is 1.49. The second-order valence-electron chi connectivity index (χ2n) is 3.59. The number of aromatic nitrogens is 3. The van der Waals surface area contributed by atoms with Gasteiger partial charge in [-0.15, -0.1) is 0 Å². The summed E-state index contributed by atoms with van der Waals surface area (Å²) in [5.41, 5.74) is 2.08. The van der Waals surface area contributed by atoms with Crippen LogP contribution >= 0.6 is 0 Å². The molecule has 0 spiro atoms. The summed E-state index contributed by atoms with van der Waals surface area (Å²) in [6.45, 7) is 3.24. The van der Waals surface area contributed by atoms with Gasteiger partial charge in [-0.3, -0.25) is 4.98 Å². The fourth-order valence-electron chi connectivity index (χ4n) is 1.49. The van der Waals surface area contributed by atoms with Gasteiger partial charge >= 0.3 is 0 Å². The molecule has 0 saturated carbocycles. The zero-order chi connectivity index (χ0) is 10.5. The maximum Gasteiger partial charge on any atom is 0.0953 e. The van der Waals surface area contributed by atoms with Crippen molar-refractivity contribution in [1.82, 2.24) is 14.5 Å². The zero-order valence-electron chi connectivity index (χ0n) is 8.93. The van der Waals surface area contributed by atoms with E-state index in [4.69, 9.17) is 0 Å². The number of unbranched alkanes of at least 4 members (excludes halogenated alkanes) is 1. The van der Waals surface area contributed by atoms with Crippen LogP contribution in [0.4, 0.5) is 0 Å². The lowest BCUT2D eigenvalue weighted by Gasteiger charge is -1.98. The third-order valence-electron chi connectivity index (χ3n) is 2.36. The standard InChI is InChI=1S/C12H15N3.CH4/c1-2-3-7-15-9-12(14-10-15)11-5-4-6-13-8-11;/h4-6,8-10H,2-3,7H2,1H3;1H4. The van der Waals surface area contributed by atoms with E-state index in [-0.39, 0.29) is 7.43 Å². The molecule has 0 radical (unpaired) electrons. The maximum atomic E-state index is 4.36. The number of rotatable bonds is 4. The van der Waals surface area contributed by atoms with Crippen molar-refractivity contribution in [3.8, 4) is 11.3 Å². The molecular weight excluding hydrogens is 198 g/mol. The van der Waals surface area contributed by atoms with Gasteiger partial charge in [0.25, 0.3) is 0 Å². The van der Waals surface area contributed by atoms with Gasteiger partial charge < -0.3 is 4.57 Å². The number of imidazole rings is 1. The molecule has 86 valence electrons. The normalized spacial score (nSPS) is 9.81. The summed E-state index contributed by atoms with van der Waals surface area (Å²) < 4.78 is 2.13. The molecule has 0 amide bonds. The lowest BCUT2D eigenvalue weighted by Crippen LogP contribution is -1.92. The van der Waals surface area contributed by atoms with Crippen molar-refractivity contribution >= 4 is 0 Å². The van der Waals surface area contributed by atoms with E-state index < -0.39 is 0 Å². The Bertz CT molecular complexity index is 406. The Morgan fingerprint density at radius 3 is 2.94 bits per heavy atom. The number of nitrogens with zero attached hydrogens (tertiary/aromatic N) is 3. The van der Waals surface area contributed by atoms with Crippen LogP contribution in [-0.4, -0.2) is 14.5 Å². The third kappa shape index (κ3) is 2.92. The molecule has 0 aliphatic heterocycles. The number of hydrogen-bond donors (Lipinski definition) is 0. The first-order valence-corrected chi connectivity index (χ1v) is 5.32. The molecule has 0 aromatic carbocycles. The quantitative estimate of drug-likeness (QED) is 0.786. The summed E-state index contributed by atoms with van der Waals surface area (Å²) in [7, 11) is 0. The first-order valence-electron chi connectivity index (χ1n) is 5.32. The van der Waals surface area contributed by atoms with Crippen LogP contribution in [0.3, 0.4) is 0 Å². The molecule has 3 nitrogen and oxygen atoms in total. The number of aryl methyl sites for hydroxylation is 1. The molecular formula is C13H19N3. The SMILES string of the molecule is C.CCCCn1cnc(-c2cccnc2)c1. The first-order chi connectivity index (χ1) is 7.40. The highest BCUT2D eigenvalue weighted by atomic mass is 15.0. The van der Waals surface area contributed by atoms with E-state index in [1.54, 1.807) is 6.20 Å². The van der Waals surface area contributed by atoms with Crippen LogP contribution in [0.15, 0.2) is 37.1 Å². The van der Waals surface area contributed by atoms with Gasteiger partial charge in [0.1, 0.15) is 0 Å². The summed E-state index contributed by atoms with van der Waals surface area (Å²) in [5, 5.41) is 0. The number of hydrogen-bond acceptors (Lipinski definition) is 2. The highest BCUT2D eigenvalue weighted by Crippen LogP contribution is 2.14. The predicted molar refractivity (Wildman–Crippen MR) is 67.1 cm³/mol. The molecule has 16 heavy (non-hydrogen) atoms. The minimum atomic E-state index is 0. The third-order valence-corrected chi connectivity index (χ3v) is 2.36. The fraction of sp³-hybridized carbons (Fsp3) is 0.385. The van der Waals surface area contributed by atoms with Crippen molar-refractivity contribution in [1.29, 1.82) is 0 Å². The molecule has 0 N–H and O–H groups in total. The molecule has 2 aromatic rings. The molecule has 0 saturated heterocycles. The molecule has 2 aromatic heterocycles. The van der Waals surface area contributed by atoms with E-state index >= 15 is 0 Å². The van der Waals surface area contributed by atoms with Crippen molar-refractivity contribution in [2.45, 2.75) is 33.7 Å². The van der Waals surface area contributed by atoms with Crippen LogP contribution < -0.4 is 0 Å². The van der Waals surface area contributed by atoms with E-state index in [9.17, 15) is 0 Å². The average molecular weight is 217 g/mol. The van der Waals surface area contributed by atoms with E-state index in [0.29, 0.717) is 0 Å². The summed E-state index contributed by atoms with van der Waals surface area (Å²) >= 11 is 0. The smallest absolute Gasteiger partial charge is 0.0953 e. The van der Waals surface area contributed by atoms with Crippen molar-refractivity contribution in [3.63, 3.8) is 0 Å². The van der Waals surface area contributed by atoms with Crippen LogP contribution in [-0.2, 0) is 6.54 Å². The monoisotopic (exact) mass is 217 g/mol. The van der Waals surface area contributed by atoms with Gasteiger partial charge in [0.05, 0.1) is 12.0 Å². The average Bonchev–Trinajstić information content (AvgIpc) is 2.76.